The number of aliphatic hydroxyl groups is 1. The molecule has 3 aromatic carbocycles. The highest BCUT2D eigenvalue weighted by atomic mass is 32.2. The predicted octanol–water partition coefficient (Wildman–Crippen LogP) is 4.29. The molecule has 9 heteroatoms. The average Bonchev–Trinajstić information content (AvgIpc) is 3.31. The first-order valence-electron chi connectivity index (χ1n) is 10.2. The summed E-state index contributed by atoms with van der Waals surface area (Å²) in [6.45, 7) is 0.437. The molecule has 2 atom stereocenters. The summed E-state index contributed by atoms with van der Waals surface area (Å²) in [4.78, 5) is -0.0761. The minimum atomic E-state index is -5.01. The van der Waals surface area contributed by atoms with Crippen LogP contribution in [0, 0.1) is 5.82 Å². The van der Waals surface area contributed by atoms with Crippen LogP contribution < -0.4 is 5.32 Å². The molecular formula is C24H21F4NO3S. The van der Waals surface area contributed by atoms with Gasteiger partial charge < -0.3 is 10.4 Å². The maximum Gasteiger partial charge on any atom is 0.425 e. The van der Waals surface area contributed by atoms with Gasteiger partial charge in [0.1, 0.15) is 10.6 Å². The van der Waals surface area contributed by atoms with E-state index in [-0.39, 0.29) is 29.0 Å². The molecule has 0 amide bonds. The molecule has 33 heavy (non-hydrogen) atoms. The maximum absolute atomic E-state index is 14.0. The van der Waals surface area contributed by atoms with Gasteiger partial charge in [-0.2, -0.15) is 13.2 Å². The molecule has 0 bridgehead atoms. The van der Waals surface area contributed by atoms with Crippen molar-refractivity contribution in [2.24, 2.45) is 0 Å². The van der Waals surface area contributed by atoms with Crippen molar-refractivity contribution in [1.29, 1.82) is 0 Å². The van der Waals surface area contributed by atoms with E-state index in [0.717, 1.165) is 24.3 Å². The van der Waals surface area contributed by atoms with Crippen LogP contribution in [0.25, 0.3) is 0 Å². The standard InChI is InChI=1S/C24H21F4NO3S/c25-20-10-12-21(13-11-20)33(31,32)22(14-15-29-16-22)17-6-8-19(9-7-17)23(30,24(26,27)28)18-4-2-1-3-5-18/h1-13,29-30H,14-16H2/t22-,23?/m0/s1. The molecule has 1 unspecified atom stereocenters. The van der Waals surface area contributed by atoms with Gasteiger partial charge in [-0.05, 0) is 53.9 Å². The van der Waals surface area contributed by atoms with E-state index in [1.54, 1.807) is 6.07 Å². The van der Waals surface area contributed by atoms with Gasteiger partial charge in [0.2, 0.25) is 5.60 Å². The molecule has 0 spiro atoms. The molecule has 1 heterocycles. The Morgan fingerprint density at radius 1 is 0.848 bits per heavy atom. The molecule has 1 fully saturated rings. The third-order valence-corrected chi connectivity index (χ3v) is 8.69. The highest BCUT2D eigenvalue weighted by Gasteiger charge is 2.56. The van der Waals surface area contributed by atoms with Gasteiger partial charge >= 0.3 is 6.18 Å². The second-order valence-corrected chi connectivity index (χ2v) is 10.3. The lowest BCUT2D eigenvalue weighted by molar-refractivity contribution is -0.248. The zero-order valence-corrected chi connectivity index (χ0v) is 18.1. The van der Waals surface area contributed by atoms with E-state index in [1.165, 1.54) is 48.5 Å². The maximum atomic E-state index is 14.0. The monoisotopic (exact) mass is 479 g/mol. The van der Waals surface area contributed by atoms with Crippen molar-refractivity contribution in [3.8, 4) is 0 Å². The van der Waals surface area contributed by atoms with E-state index in [4.69, 9.17) is 0 Å². The molecule has 1 saturated heterocycles. The average molecular weight is 479 g/mol. The molecule has 0 aromatic heterocycles. The summed E-state index contributed by atoms with van der Waals surface area (Å²) in [7, 11) is -4.01. The van der Waals surface area contributed by atoms with Crippen LogP contribution in [-0.4, -0.2) is 32.8 Å². The van der Waals surface area contributed by atoms with Crippen LogP contribution in [0.2, 0.25) is 0 Å². The highest BCUT2D eigenvalue weighted by Crippen LogP contribution is 2.46. The SMILES string of the molecule is O=S(=O)(c1ccc(F)cc1)[C@@]1(c2ccc(C(O)(c3ccccc3)C(F)(F)F)cc2)CCNC1. The Balaban J connectivity index is 1.81. The van der Waals surface area contributed by atoms with Crippen LogP contribution in [0.15, 0.2) is 83.8 Å². The lowest BCUT2D eigenvalue weighted by atomic mass is 9.84. The Morgan fingerprint density at radius 3 is 1.94 bits per heavy atom. The van der Waals surface area contributed by atoms with Gasteiger partial charge in [0, 0.05) is 6.54 Å². The largest absolute Gasteiger partial charge is 0.425 e. The van der Waals surface area contributed by atoms with Crippen LogP contribution in [0.4, 0.5) is 17.6 Å². The first-order valence-corrected chi connectivity index (χ1v) is 11.7. The molecule has 0 aliphatic carbocycles. The van der Waals surface area contributed by atoms with Crippen molar-refractivity contribution < 1.29 is 31.1 Å². The second kappa shape index (κ2) is 8.23. The molecule has 3 aromatic rings. The third-order valence-electron chi connectivity index (χ3n) is 6.19. The van der Waals surface area contributed by atoms with Gasteiger partial charge in [-0.15, -0.1) is 0 Å². The minimum Gasteiger partial charge on any atom is -0.372 e. The van der Waals surface area contributed by atoms with Crippen LogP contribution in [0.5, 0.6) is 0 Å². The topological polar surface area (TPSA) is 66.4 Å². The van der Waals surface area contributed by atoms with Crippen LogP contribution >= 0.6 is 0 Å². The number of halogens is 4. The van der Waals surface area contributed by atoms with Gasteiger partial charge in [-0.3, -0.25) is 0 Å². The van der Waals surface area contributed by atoms with Gasteiger partial charge in [0.05, 0.1) is 4.90 Å². The normalized spacial score (nSPS) is 21.0. The quantitative estimate of drug-likeness (QED) is 0.423. The summed E-state index contributed by atoms with van der Waals surface area (Å²) < 4.78 is 81.0. The summed E-state index contributed by atoms with van der Waals surface area (Å²) in [5, 5.41) is 13.8. The Kier molecular flexibility index (Phi) is 5.84. The number of alkyl halides is 3. The Bertz CT molecular complexity index is 1220. The summed E-state index contributed by atoms with van der Waals surface area (Å²) in [6, 6.07) is 16.0. The van der Waals surface area contributed by atoms with Gasteiger partial charge in [0.25, 0.3) is 0 Å². The number of hydrogen-bond donors (Lipinski definition) is 2. The Labute approximate surface area is 188 Å². The lowest BCUT2D eigenvalue weighted by Crippen LogP contribution is -2.43. The smallest absolute Gasteiger partial charge is 0.372 e. The van der Waals surface area contributed by atoms with E-state index < -0.39 is 37.7 Å². The number of sulfone groups is 1. The Hall–Kier alpha value is -2.75. The van der Waals surface area contributed by atoms with E-state index in [2.05, 4.69) is 5.32 Å². The van der Waals surface area contributed by atoms with Crippen molar-refractivity contribution >= 4 is 9.84 Å². The van der Waals surface area contributed by atoms with E-state index in [9.17, 15) is 31.1 Å². The van der Waals surface area contributed by atoms with E-state index >= 15 is 0 Å². The van der Waals surface area contributed by atoms with Crippen LogP contribution in [0.3, 0.4) is 0 Å². The van der Waals surface area contributed by atoms with Gasteiger partial charge in [-0.25, -0.2) is 12.8 Å². The van der Waals surface area contributed by atoms with E-state index in [0.29, 0.717) is 6.54 Å². The molecule has 0 radical (unpaired) electrons. The summed E-state index contributed by atoms with van der Waals surface area (Å²) in [6.07, 6.45) is -4.82. The van der Waals surface area contributed by atoms with E-state index in [1.807, 2.05) is 0 Å². The molecule has 4 nitrogen and oxygen atoms in total. The number of benzene rings is 3. The number of rotatable bonds is 5. The van der Waals surface area contributed by atoms with Crippen LogP contribution in [0.1, 0.15) is 23.1 Å². The second-order valence-electron chi connectivity index (χ2n) is 8.03. The zero-order chi connectivity index (χ0) is 23.9. The minimum absolute atomic E-state index is 0.0499. The number of hydrogen-bond acceptors (Lipinski definition) is 4. The molecular weight excluding hydrogens is 458 g/mol. The summed E-state index contributed by atoms with van der Waals surface area (Å²) in [5.41, 5.74) is -3.74. The fourth-order valence-electron chi connectivity index (χ4n) is 4.33. The third kappa shape index (κ3) is 3.74. The van der Waals surface area contributed by atoms with Crippen molar-refractivity contribution in [1.82, 2.24) is 5.32 Å². The molecule has 1 aliphatic heterocycles. The van der Waals surface area contributed by atoms with Crippen molar-refractivity contribution in [3.05, 3.63) is 101 Å². The number of nitrogens with one attached hydrogen (secondary N) is 1. The summed E-state index contributed by atoms with van der Waals surface area (Å²) >= 11 is 0. The van der Waals surface area contributed by atoms with Gasteiger partial charge in [-0.1, -0.05) is 54.6 Å². The fraction of sp³-hybridized carbons (Fsp3) is 0.250. The van der Waals surface area contributed by atoms with Crippen molar-refractivity contribution in [2.45, 2.75) is 27.8 Å². The Morgan fingerprint density at radius 2 is 1.42 bits per heavy atom. The first kappa shape index (κ1) is 23.4. The predicted molar refractivity (Wildman–Crippen MR) is 115 cm³/mol. The molecule has 174 valence electrons. The van der Waals surface area contributed by atoms with Gasteiger partial charge in [0.15, 0.2) is 9.84 Å². The zero-order valence-electron chi connectivity index (χ0n) is 17.3. The molecule has 0 saturated carbocycles. The molecule has 4 rings (SSSR count). The molecule has 1 aliphatic rings. The first-order chi connectivity index (χ1) is 15.5. The highest BCUT2D eigenvalue weighted by molar-refractivity contribution is 7.92. The van der Waals surface area contributed by atoms with Crippen molar-refractivity contribution in [3.63, 3.8) is 0 Å². The summed E-state index contributed by atoms with van der Waals surface area (Å²) in [5.74, 6) is -0.579. The molecule has 2 N–H and O–H groups in total. The lowest BCUT2D eigenvalue weighted by Gasteiger charge is -2.33. The van der Waals surface area contributed by atoms with Crippen LogP contribution in [-0.2, 0) is 20.2 Å². The van der Waals surface area contributed by atoms with Crippen molar-refractivity contribution in [2.75, 3.05) is 13.1 Å². The fourth-order valence-corrected chi connectivity index (χ4v) is 6.38.